The molecule has 2 N–H and O–H groups in total. The minimum Gasteiger partial charge on any atom is -0.335 e. The quantitative estimate of drug-likeness (QED) is 0.619. The number of hydrogen-bond acceptors (Lipinski definition) is 4. The summed E-state index contributed by atoms with van der Waals surface area (Å²) in [6, 6.07) is 4.36. The summed E-state index contributed by atoms with van der Waals surface area (Å²) in [6.07, 6.45) is 7.38. The van der Waals surface area contributed by atoms with Crippen LogP contribution in [0.4, 0.5) is 16.2 Å². The third-order valence-electron chi connectivity index (χ3n) is 5.59. The SMILES string of the molecule is Cc1ccc([N+](=O)[O-])cc1NC(=O)NC1CCN(CC2CCCC2)CC1. The van der Waals surface area contributed by atoms with Gasteiger partial charge in [-0.15, -0.1) is 0 Å². The van der Waals surface area contributed by atoms with Crippen LogP contribution in [0, 0.1) is 23.0 Å². The van der Waals surface area contributed by atoms with E-state index in [0.717, 1.165) is 37.4 Å². The summed E-state index contributed by atoms with van der Waals surface area (Å²) >= 11 is 0. The van der Waals surface area contributed by atoms with Crippen molar-refractivity contribution < 1.29 is 9.72 Å². The van der Waals surface area contributed by atoms with E-state index < -0.39 is 4.92 Å². The number of nitro benzene ring substituents is 1. The van der Waals surface area contributed by atoms with E-state index in [2.05, 4.69) is 15.5 Å². The fourth-order valence-electron chi connectivity index (χ4n) is 4.02. The number of non-ortho nitro benzene ring substituents is 1. The molecule has 142 valence electrons. The van der Waals surface area contributed by atoms with Gasteiger partial charge in [-0.25, -0.2) is 4.79 Å². The summed E-state index contributed by atoms with van der Waals surface area (Å²) in [4.78, 5) is 25.2. The second kappa shape index (κ2) is 8.49. The first-order chi connectivity index (χ1) is 12.5. The summed E-state index contributed by atoms with van der Waals surface area (Å²) in [6.45, 7) is 5.07. The third kappa shape index (κ3) is 4.94. The van der Waals surface area contributed by atoms with Crippen LogP contribution in [-0.4, -0.2) is 41.5 Å². The molecule has 1 aliphatic heterocycles. The van der Waals surface area contributed by atoms with Gasteiger partial charge in [-0.3, -0.25) is 10.1 Å². The highest BCUT2D eigenvalue weighted by Crippen LogP contribution is 2.26. The Bertz CT molecular complexity index is 650. The lowest BCUT2D eigenvalue weighted by molar-refractivity contribution is -0.384. The molecule has 0 atom stereocenters. The maximum atomic E-state index is 12.3. The number of rotatable bonds is 5. The highest BCUT2D eigenvalue weighted by Gasteiger charge is 2.24. The van der Waals surface area contributed by atoms with E-state index in [1.54, 1.807) is 6.07 Å². The predicted octanol–water partition coefficient (Wildman–Crippen LogP) is 3.68. The van der Waals surface area contributed by atoms with Gasteiger partial charge in [0.15, 0.2) is 0 Å². The van der Waals surface area contributed by atoms with E-state index in [1.807, 2.05) is 6.92 Å². The molecule has 1 saturated carbocycles. The van der Waals surface area contributed by atoms with Crippen molar-refractivity contribution in [2.75, 3.05) is 25.0 Å². The number of aryl methyl sites for hydroxylation is 1. The van der Waals surface area contributed by atoms with Crippen molar-refractivity contribution in [1.82, 2.24) is 10.2 Å². The molecular formula is C19H28N4O3. The summed E-state index contributed by atoms with van der Waals surface area (Å²) in [5.74, 6) is 0.861. The summed E-state index contributed by atoms with van der Waals surface area (Å²) < 4.78 is 0. The molecule has 0 aromatic heterocycles. The summed E-state index contributed by atoms with van der Waals surface area (Å²) in [5, 5.41) is 16.7. The Labute approximate surface area is 154 Å². The number of urea groups is 1. The third-order valence-corrected chi connectivity index (χ3v) is 5.59. The predicted molar refractivity (Wildman–Crippen MR) is 101 cm³/mol. The van der Waals surface area contributed by atoms with Crippen molar-refractivity contribution in [2.45, 2.75) is 51.5 Å². The molecule has 3 rings (SSSR count). The largest absolute Gasteiger partial charge is 0.335 e. The fourth-order valence-corrected chi connectivity index (χ4v) is 4.02. The zero-order valence-electron chi connectivity index (χ0n) is 15.4. The van der Waals surface area contributed by atoms with Gasteiger partial charge in [-0.2, -0.15) is 0 Å². The number of nitrogens with one attached hydrogen (secondary N) is 2. The molecule has 26 heavy (non-hydrogen) atoms. The van der Waals surface area contributed by atoms with Crippen LogP contribution in [0.5, 0.6) is 0 Å². The molecule has 1 aliphatic carbocycles. The lowest BCUT2D eigenvalue weighted by Gasteiger charge is -2.33. The molecule has 1 aromatic rings. The number of likely N-dealkylation sites (tertiary alicyclic amines) is 1. The van der Waals surface area contributed by atoms with Gasteiger partial charge in [0.25, 0.3) is 5.69 Å². The van der Waals surface area contributed by atoms with Gasteiger partial charge in [0.2, 0.25) is 0 Å². The van der Waals surface area contributed by atoms with Gasteiger partial charge in [0, 0.05) is 37.8 Å². The van der Waals surface area contributed by atoms with Gasteiger partial charge >= 0.3 is 6.03 Å². The summed E-state index contributed by atoms with van der Waals surface area (Å²) in [5.41, 5.74) is 1.26. The molecule has 0 radical (unpaired) electrons. The Balaban J connectivity index is 1.45. The highest BCUT2D eigenvalue weighted by atomic mass is 16.6. The summed E-state index contributed by atoms with van der Waals surface area (Å²) in [7, 11) is 0. The van der Waals surface area contributed by atoms with Crippen molar-refractivity contribution in [1.29, 1.82) is 0 Å². The van der Waals surface area contributed by atoms with Gasteiger partial charge < -0.3 is 15.5 Å². The first-order valence-corrected chi connectivity index (χ1v) is 9.56. The Morgan fingerprint density at radius 1 is 1.23 bits per heavy atom. The van der Waals surface area contributed by atoms with Crippen molar-refractivity contribution in [3.8, 4) is 0 Å². The van der Waals surface area contributed by atoms with Gasteiger partial charge in [-0.1, -0.05) is 18.9 Å². The molecule has 2 fully saturated rings. The van der Waals surface area contributed by atoms with Crippen LogP contribution in [-0.2, 0) is 0 Å². The van der Waals surface area contributed by atoms with Gasteiger partial charge in [0.05, 0.1) is 10.6 Å². The second-order valence-electron chi connectivity index (χ2n) is 7.58. The zero-order chi connectivity index (χ0) is 18.5. The number of nitrogens with zero attached hydrogens (tertiary/aromatic N) is 2. The molecule has 7 heteroatoms. The van der Waals surface area contributed by atoms with Crippen LogP contribution >= 0.6 is 0 Å². The second-order valence-corrected chi connectivity index (χ2v) is 7.58. The van der Waals surface area contributed by atoms with Crippen molar-refractivity contribution in [2.24, 2.45) is 5.92 Å². The fraction of sp³-hybridized carbons (Fsp3) is 0.632. The Morgan fingerprint density at radius 2 is 1.92 bits per heavy atom. The minimum absolute atomic E-state index is 0.0221. The number of amides is 2. The molecule has 0 spiro atoms. The number of hydrogen-bond donors (Lipinski definition) is 2. The van der Waals surface area contributed by atoms with Gasteiger partial charge in [0.1, 0.15) is 0 Å². The molecular weight excluding hydrogens is 332 g/mol. The first-order valence-electron chi connectivity index (χ1n) is 9.56. The van der Waals surface area contributed by atoms with Crippen LogP contribution in [0.2, 0.25) is 0 Å². The maximum Gasteiger partial charge on any atom is 0.319 e. The lowest BCUT2D eigenvalue weighted by Crippen LogP contribution is -2.46. The first kappa shape index (κ1) is 18.6. The monoisotopic (exact) mass is 360 g/mol. The van der Waals surface area contributed by atoms with Crippen molar-refractivity contribution in [3.63, 3.8) is 0 Å². The van der Waals surface area contributed by atoms with E-state index in [-0.39, 0.29) is 17.8 Å². The van der Waals surface area contributed by atoms with Crippen LogP contribution in [0.1, 0.15) is 44.1 Å². The molecule has 0 unspecified atom stereocenters. The molecule has 1 aromatic carbocycles. The number of anilines is 1. The maximum absolute atomic E-state index is 12.3. The molecule has 1 heterocycles. The lowest BCUT2D eigenvalue weighted by atomic mass is 10.0. The standard InChI is InChI=1S/C19H28N4O3/c1-14-6-7-17(23(25)26)12-18(14)21-19(24)20-16-8-10-22(11-9-16)13-15-4-2-3-5-15/h6-7,12,15-16H,2-5,8-11,13H2,1H3,(H2,20,21,24). The van der Waals surface area contributed by atoms with E-state index in [0.29, 0.717) is 5.69 Å². The molecule has 7 nitrogen and oxygen atoms in total. The molecule has 0 bridgehead atoms. The average molecular weight is 360 g/mol. The Morgan fingerprint density at radius 3 is 2.58 bits per heavy atom. The molecule has 2 amide bonds. The number of carbonyl (C=O) groups excluding carboxylic acids is 1. The van der Waals surface area contributed by atoms with E-state index in [9.17, 15) is 14.9 Å². The van der Waals surface area contributed by atoms with E-state index >= 15 is 0 Å². The van der Waals surface area contributed by atoms with Gasteiger partial charge in [-0.05, 0) is 44.1 Å². The highest BCUT2D eigenvalue weighted by molar-refractivity contribution is 5.90. The van der Waals surface area contributed by atoms with E-state index in [1.165, 1.54) is 44.4 Å². The topological polar surface area (TPSA) is 87.5 Å². The number of piperidine rings is 1. The van der Waals surface area contributed by atoms with Crippen molar-refractivity contribution in [3.05, 3.63) is 33.9 Å². The number of benzene rings is 1. The van der Waals surface area contributed by atoms with Crippen LogP contribution in [0.25, 0.3) is 0 Å². The number of nitro groups is 1. The molecule has 2 aliphatic rings. The molecule has 1 saturated heterocycles. The van der Waals surface area contributed by atoms with Crippen LogP contribution in [0.3, 0.4) is 0 Å². The normalized spacial score (nSPS) is 19.4. The average Bonchev–Trinajstić information content (AvgIpc) is 3.11. The van der Waals surface area contributed by atoms with Crippen LogP contribution < -0.4 is 10.6 Å². The minimum atomic E-state index is -0.456. The zero-order valence-corrected chi connectivity index (χ0v) is 15.4. The number of carbonyl (C=O) groups is 1. The Hall–Kier alpha value is -2.15. The smallest absolute Gasteiger partial charge is 0.319 e. The Kier molecular flexibility index (Phi) is 6.08. The van der Waals surface area contributed by atoms with Crippen LogP contribution in [0.15, 0.2) is 18.2 Å². The van der Waals surface area contributed by atoms with E-state index in [4.69, 9.17) is 0 Å². The van der Waals surface area contributed by atoms with Crippen molar-refractivity contribution >= 4 is 17.4 Å².